The summed E-state index contributed by atoms with van der Waals surface area (Å²) in [6.07, 6.45) is 5.19. The lowest BCUT2D eigenvalue weighted by Gasteiger charge is -2.11. The van der Waals surface area contributed by atoms with E-state index in [1.165, 1.54) is 5.56 Å². The summed E-state index contributed by atoms with van der Waals surface area (Å²) in [4.78, 5) is 4.42. The van der Waals surface area contributed by atoms with E-state index in [2.05, 4.69) is 47.0 Å². The monoisotopic (exact) mass is 271 g/mol. The van der Waals surface area contributed by atoms with Crippen LogP contribution in [-0.2, 0) is 19.5 Å². The Labute approximate surface area is 119 Å². The number of fused-ring (bicyclic) bond motifs is 1. The van der Waals surface area contributed by atoms with Crippen molar-refractivity contribution in [1.29, 1.82) is 0 Å². The molecule has 1 N–H and O–H groups in total. The number of imidazole rings is 1. The molecule has 1 unspecified atom stereocenters. The molecule has 2 aromatic rings. The number of hydrogen-bond donors (Lipinski definition) is 1. The first-order valence-corrected chi connectivity index (χ1v) is 7.19. The number of rotatable bonds is 5. The average molecular weight is 271 g/mol. The Morgan fingerprint density at radius 2 is 2.25 bits per heavy atom. The highest BCUT2D eigenvalue weighted by Gasteiger charge is 2.22. The highest BCUT2D eigenvalue weighted by molar-refractivity contribution is 5.37. The maximum absolute atomic E-state index is 5.95. The molecule has 0 radical (unpaired) electrons. The standard InChI is InChI=1S/C16H21N3O/c1-12(2)17-8-14-9-19(11-18-14)10-15-7-13-5-3-4-6-16(13)20-15/h3-6,9,11-12,15,17H,7-8,10H2,1-2H3. The maximum Gasteiger partial charge on any atom is 0.123 e. The number of para-hydroxylation sites is 1. The normalized spacial score (nSPS) is 17.2. The Hall–Kier alpha value is -1.81. The molecule has 1 aliphatic rings. The summed E-state index contributed by atoms with van der Waals surface area (Å²) in [6.45, 7) is 5.95. The molecule has 0 fully saturated rings. The van der Waals surface area contributed by atoms with Gasteiger partial charge in [0.1, 0.15) is 11.9 Å². The van der Waals surface area contributed by atoms with Crippen LogP contribution in [0.4, 0.5) is 0 Å². The zero-order chi connectivity index (χ0) is 13.9. The zero-order valence-corrected chi connectivity index (χ0v) is 12.0. The van der Waals surface area contributed by atoms with Gasteiger partial charge in [-0.3, -0.25) is 0 Å². The van der Waals surface area contributed by atoms with Gasteiger partial charge in [0.15, 0.2) is 0 Å². The Bertz CT molecular complexity index is 552. The van der Waals surface area contributed by atoms with Crippen LogP contribution in [0.2, 0.25) is 0 Å². The van der Waals surface area contributed by atoms with Crippen LogP contribution in [-0.4, -0.2) is 21.7 Å². The zero-order valence-electron chi connectivity index (χ0n) is 12.0. The third-order valence-electron chi connectivity index (χ3n) is 3.51. The largest absolute Gasteiger partial charge is 0.488 e. The SMILES string of the molecule is CC(C)NCc1cn(CC2Cc3ccccc3O2)cn1. The van der Waals surface area contributed by atoms with Crippen LogP contribution in [0.1, 0.15) is 25.1 Å². The molecule has 1 atom stereocenters. The van der Waals surface area contributed by atoms with Crippen molar-refractivity contribution in [3.05, 3.63) is 48.0 Å². The van der Waals surface area contributed by atoms with Gasteiger partial charge in [-0.1, -0.05) is 32.0 Å². The highest BCUT2D eigenvalue weighted by Crippen LogP contribution is 2.28. The topological polar surface area (TPSA) is 39.1 Å². The lowest BCUT2D eigenvalue weighted by atomic mass is 10.1. The number of aromatic nitrogens is 2. The predicted molar refractivity (Wildman–Crippen MR) is 78.8 cm³/mol. The molecule has 0 spiro atoms. The molecule has 3 rings (SSSR count). The third-order valence-corrected chi connectivity index (χ3v) is 3.51. The van der Waals surface area contributed by atoms with Crippen LogP contribution in [0.5, 0.6) is 5.75 Å². The quantitative estimate of drug-likeness (QED) is 0.907. The summed E-state index contributed by atoms with van der Waals surface area (Å²) in [7, 11) is 0. The first-order valence-electron chi connectivity index (χ1n) is 7.19. The van der Waals surface area contributed by atoms with E-state index in [0.29, 0.717) is 6.04 Å². The van der Waals surface area contributed by atoms with E-state index in [0.717, 1.165) is 31.0 Å². The number of hydrogen-bond acceptors (Lipinski definition) is 3. The van der Waals surface area contributed by atoms with Gasteiger partial charge >= 0.3 is 0 Å². The van der Waals surface area contributed by atoms with E-state index in [1.54, 1.807) is 0 Å². The fraction of sp³-hybridized carbons (Fsp3) is 0.438. The van der Waals surface area contributed by atoms with E-state index < -0.39 is 0 Å². The Kier molecular flexibility index (Phi) is 3.74. The molecule has 4 heteroatoms. The van der Waals surface area contributed by atoms with Gasteiger partial charge in [0.25, 0.3) is 0 Å². The molecule has 1 aromatic carbocycles. The lowest BCUT2D eigenvalue weighted by Crippen LogP contribution is -2.22. The van der Waals surface area contributed by atoms with Crippen LogP contribution in [0.3, 0.4) is 0 Å². The minimum Gasteiger partial charge on any atom is -0.488 e. The fourth-order valence-electron chi connectivity index (χ4n) is 2.50. The number of nitrogens with one attached hydrogen (secondary N) is 1. The van der Waals surface area contributed by atoms with Gasteiger partial charge in [0.05, 0.1) is 18.6 Å². The number of ether oxygens (including phenoxy) is 1. The molecule has 0 aliphatic carbocycles. The smallest absolute Gasteiger partial charge is 0.123 e. The second-order valence-corrected chi connectivity index (χ2v) is 5.65. The molecule has 2 heterocycles. The average Bonchev–Trinajstić information content (AvgIpc) is 3.02. The van der Waals surface area contributed by atoms with Gasteiger partial charge in [-0.2, -0.15) is 0 Å². The Morgan fingerprint density at radius 1 is 1.40 bits per heavy atom. The first kappa shape index (κ1) is 13.2. The van der Waals surface area contributed by atoms with Gasteiger partial charge < -0.3 is 14.6 Å². The second-order valence-electron chi connectivity index (χ2n) is 5.65. The van der Waals surface area contributed by atoms with E-state index >= 15 is 0 Å². The van der Waals surface area contributed by atoms with Gasteiger partial charge in [0.2, 0.25) is 0 Å². The third kappa shape index (κ3) is 3.02. The molecular formula is C16H21N3O. The van der Waals surface area contributed by atoms with Crippen molar-refractivity contribution in [2.45, 2.75) is 45.5 Å². The molecule has 0 amide bonds. The summed E-state index contributed by atoms with van der Waals surface area (Å²) < 4.78 is 8.07. The molecule has 4 nitrogen and oxygen atoms in total. The molecule has 0 saturated carbocycles. The Morgan fingerprint density at radius 3 is 3.05 bits per heavy atom. The van der Waals surface area contributed by atoms with Gasteiger partial charge in [-0.05, 0) is 11.6 Å². The van der Waals surface area contributed by atoms with Crippen LogP contribution in [0.25, 0.3) is 0 Å². The second kappa shape index (κ2) is 5.67. The van der Waals surface area contributed by atoms with Crippen molar-refractivity contribution < 1.29 is 4.74 Å². The highest BCUT2D eigenvalue weighted by atomic mass is 16.5. The molecule has 106 valence electrons. The van der Waals surface area contributed by atoms with E-state index in [4.69, 9.17) is 4.74 Å². The van der Waals surface area contributed by atoms with Crippen molar-refractivity contribution in [1.82, 2.24) is 14.9 Å². The van der Waals surface area contributed by atoms with Crippen molar-refractivity contribution in [3.63, 3.8) is 0 Å². The van der Waals surface area contributed by atoms with Gasteiger partial charge in [-0.15, -0.1) is 0 Å². The van der Waals surface area contributed by atoms with Gasteiger partial charge in [-0.25, -0.2) is 4.98 Å². The van der Waals surface area contributed by atoms with Crippen molar-refractivity contribution in [2.75, 3.05) is 0 Å². The summed E-state index contributed by atoms with van der Waals surface area (Å²) in [5, 5.41) is 3.38. The van der Waals surface area contributed by atoms with E-state index in [-0.39, 0.29) is 6.10 Å². The lowest BCUT2D eigenvalue weighted by molar-refractivity contribution is 0.209. The number of benzene rings is 1. The van der Waals surface area contributed by atoms with Crippen LogP contribution in [0.15, 0.2) is 36.8 Å². The van der Waals surface area contributed by atoms with Crippen LogP contribution < -0.4 is 10.1 Å². The van der Waals surface area contributed by atoms with Crippen molar-refractivity contribution >= 4 is 0 Å². The molecular weight excluding hydrogens is 250 g/mol. The van der Waals surface area contributed by atoms with E-state index in [9.17, 15) is 0 Å². The fourth-order valence-corrected chi connectivity index (χ4v) is 2.50. The first-order chi connectivity index (χ1) is 9.70. The molecule has 20 heavy (non-hydrogen) atoms. The number of nitrogens with zero attached hydrogens (tertiary/aromatic N) is 2. The maximum atomic E-state index is 5.95. The van der Waals surface area contributed by atoms with Crippen LogP contribution >= 0.6 is 0 Å². The van der Waals surface area contributed by atoms with Crippen LogP contribution in [0, 0.1) is 0 Å². The summed E-state index contributed by atoms with van der Waals surface area (Å²) in [5.74, 6) is 1.03. The minimum atomic E-state index is 0.215. The summed E-state index contributed by atoms with van der Waals surface area (Å²) >= 11 is 0. The van der Waals surface area contributed by atoms with E-state index in [1.807, 2.05) is 18.5 Å². The molecule has 1 aromatic heterocycles. The summed E-state index contributed by atoms with van der Waals surface area (Å²) in [5.41, 5.74) is 2.38. The predicted octanol–water partition coefficient (Wildman–Crippen LogP) is 2.38. The minimum absolute atomic E-state index is 0.215. The Balaban J connectivity index is 1.57. The molecule has 1 aliphatic heterocycles. The van der Waals surface area contributed by atoms with Gasteiger partial charge in [0, 0.05) is 25.2 Å². The molecule has 0 bridgehead atoms. The van der Waals surface area contributed by atoms with Crippen molar-refractivity contribution in [2.24, 2.45) is 0 Å². The van der Waals surface area contributed by atoms with Crippen molar-refractivity contribution in [3.8, 4) is 5.75 Å². The molecule has 0 saturated heterocycles. The summed E-state index contributed by atoms with van der Waals surface area (Å²) in [6, 6.07) is 8.75.